The highest BCUT2D eigenvalue weighted by atomic mass is 32.1. The summed E-state index contributed by atoms with van der Waals surface area (Å²) in [6, 6.07) is 8.44. The summed E-state index contributed by atoms with van der Waals surface area (Å²) in [7, 11) is 0. The number of hydrogen-bond donors (Lipinski definition) is 3. The van der Waals surface area contributed by atoms with Crippen molar-refractivity contribution in [3.8, 4) is 0 Å². The third kappa shape index (κ3) is 3.10. The van der Waals surface area contributed by atoms with Crippen molar-refractivity contribution >= 4 is 33.8 Å². The average molecular weight is 327 g/mol. The highest BCUT2D eigenvalue weighted by molar-refractivity contribution is 7.08. The third-order valence-electron chi connectivity index (χ3n) is 3.67. The number of nitrogens with one attached hydrogen (secondary N) is 1. The Bertz CT molecular complexity index is 846. The van der Waals surface area contributed by atoms with Gasteiger partial charge in [-0.05, 0) is 47.0 Å². The largest absolute Gasteiger partial charge is 0.392 e. The molecule has 1 aromatic carbocycles. The van der Waals surface area contributed by atoms with Gasteiger partial charge in [-0.15, -0.1) is 0 Å². The normalized spacial score (nSPS) is 12.3. The number of nitrogens with two attached hydrogens (primary N) is 1. The van der Waals surface area contributed by atoms with Crippen molar-refractivity contribution in [2.45, 2.75) is 19.6 Å². The van der Waals surface area contributed by atoms with Gasteiger partial charge in [0.25, 0.3) is 0 Å². The monoisotopic (exact) mass is 327 g/mol. The van der Waals surface area contributed by atoms with Crippen LogP contribution in [0.4, 0.5) is 5.69 Å². The molecule has 2 aromatic heterocycles. The Morgan fingerprint density at radius 1 is 1.43 bits per heavy atom. The van der Waals surface area contributed by atoms with E-state index in [1.165, 1.54) is 11.3 Å². The second-order valence-corrected chi connectivity index (χ2v) is 6.09. The van der Waals surface area contributed by atoms with Crippen LogP contribution >= 0.6 is 11.3 Å². The van der Waals surface area contributed by atoms with E-state index in [1.807, 2.05) is 41.9 Å². The topological polar surface area (TPSA) is 88.2 Å². The molecule has 0 aliphatic rings. The zero-order valence-electron chi connectivity index (χ0n) is 12.6. The van der Waals surface area contributed by atoms with E-state index in [-0.39, 0.29) is 12.5 Å². The molecule has 0 bridgehead atoms. The number of carbonyl (C=O) groups excluding carboxylic acids is 1. The molecule has 1 amide bonds. The van der Waals surface area contributed by atoms with E-state index in [2.05, 4.69) is 10.3 Å². The van der Waals surface area contributed by atoms with Gasteiger partial charge in [-0.2, -0.15) is 11.3 Å². The molecule has 3 rings (SSSR count). The predicted molar refractivity (Wildman–Crippen MR) is 92.3 cm³/mol. The van der Waals surface area contributed by atoms with Gasteiger partial charge in [-0.1, -0.05) is 12.1 Å². The highest BCUT2D eigenvalue weighted by Gasteiger charge is 2.18. The first kappa shape index (κ1) is 15.6. The van der Waals surface area contributed by atoms with Crippen molar-refractivity contribution in [1.29, 1.82) is 0 Å². The number of aliphatic hydroxyl groups excluding tert-OH is 1. The van der Waals surface area contributed by atoms with Gasteiger partial charge in [-0.25, -0.2) is 0 Å². The van der Waals surface area contributed by atoms with Gasteiger partial charge in [0, 0.05) is 11.1 Å². The summed E-state index contributed by atoms with van der Waals surface area (Å²) < 4.78 is 0. The summed E-state index contributed by atoms with van der Waals surface area (Å²) in [5.41, 5.74) is 9.60. The van der Waals surface area contributed by atoms with Crippen LogP contribution in [-0.4, -0.2) is 16.0 Å². The van der Waals surface area contributed by atoms with Gasteiger partial charge in [0.15, 0.2) is 0 Å². The number of aliphatic hydroxyl groups is 1. The minimum atomic E-state index is -0.723. The lowest BCUT2D eigenvalue weighted by Crippen LogP contribution is -2.27. The first-order valence-corrected chi connectivity index (χ1v) is 8.13. The summed E-state index contributed by atoms with van der Waals surface area (Å²) in [4.78, 5) is 16.9. The number of aryl methyl sites for hydroxylation is 1. The molecule has 0 fully saturated rings. The van der Waals surface area contributed by atoms with Gasteiger partial charge in [-0.3, -0.25) is 9.78 Å². The van der Waals surface area contributed by atoms with Gasteiger partial charge >= 0.3 is 0 Å². The second kappa shape index (κ2) is 6.45. The summed E-state index contributed by atoms with van der Waals surface area (Å²) in [5, 5.41) is 16.9. The Hall–Kier alpha value is -2.28. The maximum absolute atomic E-state index is 12.4. The second-order valence-electron chi connectivity index (χ2n) is 5.31. The molecular formula is C17H17N3O2S. The molecule has 5 nitrogen and oxygen atoms in total. The molecule has 4 N–H and O–H groups in total. The van der Waals surface area contributed by atoms with Crippen LogP contribution in [0.15, 0.2) is 41.1 Å². The van der Waals surface area contributed by atoms with Crippen molar-refractivity contribution in [1.82, 2.24) is 4.98 Å². The molecule has 0 unspecified atom stereocenters. The van der Waals surface area contributed by atoms with E-state index in [0.29, 0.717) is 11.2 Å². The molecule has 0 spiro atoms. The molecule has 23 heavy (non-hydrogen) atoms. The summed E-state index contributed by atoms with van der Waals surface area (Å²) in [6.07, 6.45) is 0. The number of para-hydroxylation sites is 1. The molecule has 0 saturated heterocycles. The maximum atomic E-state index is 12.4. The quantitative estimate of drug-likeness (QED) is 0.687. The Kier molecular flexibility index (Phi) is 4.38. The van der Waals surface area contributed by atoms with Gasteiger partial charge in [0.2, 0.25) is 5.91 Å². The number of hydrogen-bond acceptors (Lipinski definition) is 5. The maximum Gasteiger partial charge on any atom is 0.245 e. The summed E-state index contributed by atoms with van der Waals surface area (Å²) in [6.45, 7) is 1.78. The molecule has 2 heterocycles. The van der Waals surface area contributed by atoms with E-state index in [4.69, 9.17) is 5.73 Å². The van der Waals surface area contributed by atoms with Crippen LogP contribution in [0.25, 0.3) is 10.9 Å². The van der Waals surface area contributed by atoms with Crippen molar-refractivity contribution in [3.05, 3.63) is 57.9 Å². The number of thiophene rings is 1. The van der Waals surface area contributed by atoms with Gasteiger partial charge < -0.3 is 16.2 Å². The fraction of sp³-hybridized carbons (Fsp3) is 0.176. The molecular weight excluding hydrogens is 310 g/mol. The molecule has 6 heteroatoms. The van der Waals surface area contributed by atoms with Crippen LogP contribution in [0, 0.1) is 6.92 Å². The number of aromatic nitrogens is 1. The predicted octanol–water partition coefficient (Wildman–Crippen LogP) is 2.74. The van der Waals surface area contributed by atoms with Crippen LogP contribution in [0.2, 0.25) is 0 Å². The Labute approximate surface area is 137 Å². The van der Waals surface area contributed by atoms with E-state index in [0.717, 1.165) is 22.2 Å². The number of nitrogens with zero attached hydrogens (tertiary/aromatic N) is 1. The lowest BCUT2D eigenvalue weighted by molar-refractivity contribution is -0.117. The van der Waals surface area contributed by atoms with Crippen LogP contribution in [-0.2, 0) is 11.4 Å². The van der Waals surface area contributed by atoms with E-state index < -0.39 is 6.04 Å². The van der Waals surface area contributed by atoms with Crippen molar-refractivity contribution < 1.29 is 9.90 Å². The van der Waals surface area contributed by atoms with Crippen LogP contribution in [0.1, 0.15) is 22.9 Å². The van der Waals surface area contributed by atoms with Gasteiger partial charge in [0.1, 0.15) is 6.04 Å². The minimum absolute atomic E-state index is 0.0777. The SMILES string of the molecule is Cc1cc(CO)c2cccc(NC(=O)[C@@H](N)c3ccsc3)c2n1. The van der Waals surface area contributed by atoms with Crippen LogP contribution in [0.3, 0.4) is 0 Å². The number of benzene rings is 1. The zero-order chi connectivity index (χ0) is 16.4. The lowest BCUT2D eigenvalue weighted by atomic mass is 10.1. The molecule has 0 saturated carbocycles. The number of pyridine rings is 1. The third-order valence-corrected chi connectivity index (χ3v) is 4.37. The average Bonchev–Trinajstić information content (AvgIpc) is 3.08. The van der Waals surface area contributed by atoms with Crippen molar-refractivity contribution in [2.24, 2.45) is 5.73 Å². The molecule has 118 valence electrons. The number of anilines is 1. The highest BCUT2D eigenvalue weighted by Crippen LogP contribution is 2.26. The van der Waals surface area contributed by atoms with Crippen molar-refractivity contribution in [3.63, 3.8) is 0 Å². The molecule has 0 aliphatic heterocycles. The van der Waals surface area contributed by atoms with Crippen LogP contribution < -0.4 is 11.1 Å². The van der Waals surface area contributed by atoms with Gasteiger partial charge in [0.05, 0.1) is 17.8 Å². The Morgan fingerprint density at radius 3 is 2.96 bits per heavy atom. The van der Waals surface area contributed by atoms with Crippen molar-refractivity contribution in [2.75, 3.05) is 5.32 Å². The van der Waals surface area contributed by atoms with E-state index in [1.54, 1.807) is 6.07 Å². The number of carbonyl (C=O) groups is 1. The Balaban J connectivity index is 1.97. The first-order chi connectivity index (χ1) is 11.1. The fourth-order valence-corrected chi connectivity index (χ4v) is 3.20. The molecule has 1 atom stereocenters. The minimum Gasteiger partial charge on any atom is -0.392 e. The summed E-state index contributed by atoms with van der Waals surface area (Å²) >= 11 is 1.50. The smallest absolute Gasteiger partial charge is 0.245 e. The summed E-state index contributed by atoms with van der Waals surface area (Å²) in [5.74, 6) is -0.287. The van der Waals surface area contributed by atoms with Crippen LogP contribution in [0.5, 0.6) is 0 Å². The fourth-order valence-electron chi connectivity index (χ4n) is 2.51. The first-order valence-electron chi connectivity index (χ1n) is 7.19. The molecule has 0 radical (unpaired) electrons. The molecule has 3 aromatic rings. The standard InChI is InChI=1S/C17H17N3O2S/c1-10-7-12(8-21)13-3-2-4-14(16(13)19-10)20-17(22)15(18)11-5-6-23-9-11/h2-7,9,15,21H,8,18H2,1H3,(H,20,22)/t15-/m0/s1. The van der Waals surface area contributed by atoms with E-state index >= 15 is 0 Å². The lowest BCUT2D eigenvalue weighted by Gasteiger charge is -2.14. The number of fused-ring (bicyclic) bond motifs is 1. The Morgan fingerprint density at radius 2 is 2.26 bits per heavy atom. The number of amides is 1. The molecule has 0 aliphatic carbocycles. The van der Waals surface area contributed by atoms with E-state index in [9.17, 15) is 9.90 Å². The number of rotatable bonds is 4. The zero-order valence-corrected chi connectivity index (χ0v) is 13.4.